The molecule has 4 nitrogen and oxygen atoms in total. The van der Waals surface area contributed by atoms with Gasteiger partial charge in [-0.15, -0.1) is 0 Å². The third-order valence-electron chi connectivity index (χ3n) is 9.12. The molecule has 1 heterocycles. The molecule has 3 aliphatic rings. The molecule has 3 aromatic carbocycles. The molecule has 1 saturated carbocycles. The molecule has 0 N–H and O–H groups in total. The van der Waals surface area contributed by atoms with Crippen LogP contribution < -0.4 is 0 Å². The van der Waals surface area contributed by atoms with Crippen LogP contribution in [0.15, 0.2) is 91.0 Å². The van der Waals surface area contributed by atoms with Crippen molar-refractivity contribution in [3.05, 3.63) is 108 Å². The van der Waals surface area contributed by atoms with Crippen molar-refractivity contribution >= 4 is 28.7 Å². The number of carbonyl (C=O) groups is 3. The molecule has 37 heavy (non-hydrogen) atoms. The van der Waals surface area contributed by atoms with Crippen LogP contribution in [-0.2, 0) is 20.8 Å². The number of imide groups is 1. The van der Waals surface area contributed by atoms with Crippen LogP contribution in [0.1, 0.15) is 43.4 Å². The zero-order chi connectivity index (χ0) is 25.8. The van der Waals surface area contributed by atoms with Crippen molar-refractivity contribution in [2.75, 3.05) is 6.54 Å². The van der Waals surface area contributed by atoms with Crippen LogP contribution in [0.4, 0.5) is 0 Å². The van der Waals surface area contributed by atoms with E-state index in [1.165, 1.54) is 4.90 Å². The Bertz CT molecular complexity index is 1330. The Kier molecular flexibility index (Phi) is 5.52. The molecular weight excluding hydrogens is 458 g/mol. The van der Waals surface area contributed by atoms with Crippen molar-refractivity contribution in [2.24, 2.45) is 22.7 Å². The number of ketones is 1. The third-order valence-corrected chi connectivity index (χ3v) is 9.12. The van der Waals surface area contributed by atoms with Gasteiger partial charge in [0.25, 0.3) is 0 Å². The van der Waals surface area contributed by atoms with Gasteiger partial charge in [0.05, 0.1) is 22.7 Å². The maximum atomic E-state index is 14.7. The molecule has 4 heteroatoms. The molecular formula is C33H31NO3. The SMILES string of the molecule is CC[C@]12C(=O)[C@](CC)(C(c3ccccc3)=C1c1ccccc1)[C@H]1C(=O)N(CCc3ccccc3)C(=O)[C@H]12. The van der Waals surface area contributed by atoms with Crippen molar-refractivity contribution in [1.82, 2.24) is 4.90 Å². The number of allylic oxidation sites excluding steroid dienone is 2. The summed E-state index contributed by atoms with van der Waals surface area (Å²) >= 11 is 0. The zero-order valence-corrected chi connectivity index (χ0v) is 21.3. The molecule has 0 radical (unpaired) electrons. The highest BCUT2D eigenvalue weighted by Crippen LogP contribution is 2.75. The number of rotatable bonds is 7. The Morgan fingerprint density at radius 1 is 0.622 bits per heavy atom. The normalized spacial score (nSPS) is 28.4. The molecule has 4 atom stereocenters. The number of hydrogen-bond acceptors (Lipinski definition) is 3. The molecule has 0 unspecified atom stereocenters. The smallest absolute Gasteiger partial charge is 0.234 e. The molecule has 1 aliphatic heterocycles. The lowest BCUT2D eigenvalue weighted by Gasteiger charge is -2.38. The zero-order valence-electron chi connectivity index (χ0n) is 21.3. The second kappa shape index (κ2) is 8.65. The minimum Gasteiger partial charge on any atom is -0.298 e. The van der Waals surface area contributed by atoms with Crippen LogP contribution in [0.2, 0.25) is 0 Å². The molecule has 2 amide bonds. The summed E-state index contributed by atoms with van der Waals surface area (Å²) in [5.41, 5.74) is 2.88. The van der Waals surface area contributed by atoms with Gasteiger partial charge < -0.3 is 0 Å². The van der Waals surface area contributed by atoms with E-state index in [0.717, 1.165) is 27.8 Å². The molecule has 1 saturated heterocycles. The monoisotopic (exact) mass is 489 g/mol. The lowest BCUT2D eigenvalue weighted by Crippen LogP contribution is -2.42. The Morgan fingerprint density at radius 2 is 1.03 bits per heavy atom. The van der Waals surface area contributed by atoms with Crippen molar-refractivity contribution in [1.29, 1.82) is 0 Å². The van der Waals surface area contributed by atoms with E-state index in [9.17, 15) is 14.4 Å². The van der Waals surface area contributed by atoms with Crippen LogP contribution >= 0.6 is 0 Å². The van der Waals surface area contributed by atoms with E-state index in [0.29, 0.717) is 25.8 Å². The van der Waals surface area contributed by atoms with E-state index in [2.05, 4.69) is 0 Å². The quantitative estimate of drug-likeness (QED) is 0.393. The van der Waals surface area contributed by atoms with Crippen LogP contribution in [0.25, 0.3) is 11.1 Å². The van der Waals surface area contributed by atoms with Gasteiger partial charge in [-0.2, -0.15) is 0 Å². The summed E-state index contributed by atoms with van der Waals surface area (Å²) in [5.74, 6) is -1.62. The lowest BCUT2D eigenvalue weighted by molar-refractivity contribution is -0.145. The first-order chi connectivity index (χ1) is 18.0. The number of nitrogens with zero attached hydrogens (tertiary/aromatic N) is 1. The Morgan fingerprint density at radius 3 is 1.43 bits per heavy atom. The average Bonchev–Trinajstić information content (AvgIpc) is 3.44. The minimum absolute atomic E-state index is 0.0575. The van der Waals surface area contributed by atoms with Gasteiger partial charge in [0.15, 0.2) is 5.78 Å². The summed E-state index contributed by atoms with van der Waals surface area (Å²) < 4.78 is 0. The number of carbonyl (C=O) groups excluding carboxylic acids is 3. The lowest BCUT2D eigenvalue weighted by atomic mass is 9.60. The van der Waals surface area contributed by atoms with Gasteiger partial charge in [-0.25, -0.2) is 0 Å². The first-order valence-electron chi connectivity index (χ1n) is 13.3. The number of benzene rings is 3. The van der Waals surface area contributed by atoms with E-state index in [4.69, 9.17) is 0 Å². The van der Waals surface area contributed by atoms with Crippen molar-refractivity contribution in [3.63, 3.8) is 0 Å². The maximum absolute atomic E-state index is 14.7. The standard InChI is InChI=1S/C33H31NO3/c1-3-32-25(23-16-10-6-11-17-23)26(24-18-12-7-13-19-24)33(4-2,31(32)37)28-27(32)29(35)34(30(28)36)21-20-22-14-8-5-9-15-22/h5-19,27-28H,3-4,20-21H2,1-2H3/t27-,28+,32-,33+. The summed E-state index contributed by atoms with van der Waals surface area (Å²) in [7, 11) is 0. The summed E-state index contributed by atoms with van der Waals surface area (Å²) in [4.78, 5) is 44.4. The van der Waals surface area contributed by atoms with Gasteiger partial charge in [-0.1, -0.05) is 105 Å². The van der Waals surface area contributed by atoms with E-state index in [1.54, 1.807) is 0 Å². The number of fused-ring (bicyclic) bond motifs is 5. The molecule has 0 aromatic heterocycles. The molecule has 2 aliphatic carbocycles. The largest absolute Gasteiger partial charge is 0.298 e. The van der Waals surface area contributed by atoms with Crippen LogP contribution in [0.3, 0.4) is 0 Å². The first-order valence-corrected chi connectivity index (χ1v) is 13.3. The minimum atomic E-state index is -1.01. The second-order valence-electron chi connectivity index (χ2n) is 10.5. The predicted molar refractivity (Wildman–Crippen MR) is 144 cm³/mol. The van der Waals surface area contributed by atoms with Gasteiger partial charge in [0, 0.05) is 6.54 Å². The van der Waals surface area contributed by atoms with Crippen molar-refractivity contribution in [3.8, 4) is 0 Å². The highest BCUT2D eigenvalue weighted by atomic mass is 16.2. The first kappa shape index (κ1) is 23.6. The third kappa shape index (κ3) is 2.99. The number of amides is 2. The highest BCUT2D eigenvalue weighted by Gasteiger charge is 2.80. The number of hydrogen-bond donors (Lipinski definition) is 0. The fourth-order valence-electron chi connectivity index (χ4n) is 7.62. The molecule has 2 fully saturated rings. The summed E-state index contributed by atoms with van der Waals surface area (Å²) in [6, 6.07) is 29.9. The fraction of sp³-hybridized carbons (Fsp3) is 0.303. The molecule has 186 valence electrons. The van der Waals surface area contributed by atoms with Gasteiger partial charge in [-0.05, 0) is 47.1 Å². The van der Waals surface area contributed by atoms with Gasteiger partial charge >= 0.3 is 0 Å². The fourth-order valence-corrected chi connectivity index (χ4v) is 7.62. The maximum Gasteiger partial charge on any atom is 0.234 e. The highest BCUT2D eigenvalue weighted by molar-refractivity contribution is 6.29. The molecule has 3 aromatic rings. The van der Waals surface area contributed by atoms with E-state index < -0.39 is 22.7 Å². The van der Waals surface area contributed by atoms with Crippen molar-refractivity contribution in [2.45, 2.75) is 33.1 Å². The van der Waals surface area contributed by atoms with Gasteiger partial charge in [0.2, 0.25) is 11.8 Å². The molecule has 2 bridgehead atoms. The van der Waals surface area contributed by atoms with Crippen LogP contribution in [0.5, 0.6) is 0 Å². The topological polar surface area (TPSA) is 54.5 Å². The Hall–Kier alpha value is -3.79. The summed E-state index contributed by atoms with van der Waals surface area (Å²) in [6.45, 7) is 4.34. The van der Waals surface area contributed by atoms with E-state index >= 15 is 0 Å². The number of likely N-dealkylation sites (tertiary alicyclic amines) is 1. The molecule has 0 spiro atoms. The second-order valence-corrected chi connectivity index (χ2v) is 10.5. The summed E-state index contributed by atoms with van der Waals surface area (Å²) in [6.07, 6.45) is 1.58. The van der Waals surface area contributed by atoms with E-state index in [-0.39, 0.29) is 17.6 Å². The average molecular weight is 490 g/mol. The van der Waals surface area contributed by atoms with E-state index in [1.807, 2.05) is 105 Å². The molecule has 6 rings (SSSR count). The van der Waals surface area contributed by atoms with Crippen molar-refractivity contribution < 1.29 is 14.4 Å². The predicted octanol–water partition coefficient (Wildman–Crippen LogP) is 5.83. The Labute approximate surface area is 218 Å². The van der Waals surface area contributed by atoms with Gasteiger partial charge in [0.1, 0.15) is 0 Å². The Balaban J connectivity index is 1.55. The van der Waals surface area contributed by atoms with Gasteiger partial charge in [-0.3, -0.25) is 19.3 Å². The van der Waals surface area contributed by atoms with Crippen LogP contribution in [-0.4, -0.2) is 29.0 Å². The van der Waals surface area contributed by atoms with Crippen LogP contribution in [0, 0.1) is 22.7 Å². The number of Topliss-reactive ketones (excluding diaryl/α,β-unsaturated/α-hetero) is 1. The summed E-state index contributed by atoms with van der Waals surface area (Å²) in [5, 5.41) is 0.